The van der Waals surface area contributed by atoms with Crippen LogP contribution in [-0.2, 0) is 16.1 Å². The van der Waals surface area contributed by atoms with Crippen molar-refractivity contribution in [1.82, 2.24) is 10.2 Å². The molecule has 1 aromatic rings. The summed E-state index contributed by atoms with van der Waals surface area (Å²) in [4.78, 5) is 25.7. The molecule has 2 aliphatic heterocycles. The molecular weight excluding hydrogens is 264 g/mol. The highest BCUT2D eigenvalue weighted by molar-refractivity contribution is 8.01. The lowest BCUT2D eigenvalue weighted by atomic mass is 10.2. The smallest absolute Gasteiger partial charge is 0.244 e. The van der Waals surface area contributed by atoms with Crippen molar-refractivity contribution < 1.29 is 14.0 Å². The van der Waals surface area contributed by atoms with E-state index in [1.165, 1.54) is 0 Å². The van der Waals surface area contributed by atoms with Gasteiger partial charge in [0.05, 0.1) is 17.7 Å². The molecule has 0 radical (unpaired) electrons. The van der Waals surface area contributed by atoms with Crippen LogP contribution in [0.5, 0.6) is 0 Å². The van der Waals surface area contributed by atoms with Gasteiger partial charge in [-0.3, -0.25) is 9.59 Å². The molecular formula is C13H16N2O3S. The Kier molecular flexibility index (Phi) is 3.05. The first kappa shape index (κ1) is 12.6. The Morgan fingerprint density at radius 3 is 3.26 bits per heavy atom. The minimum absolute atomic E-state index is 0.0886. The quantitative estimate of drug-likeness (QED) is 0.908. The molecule has 6 heteroatoms. The van der Waals surface area contributed by atoms with Crippen LogP contribution in [0.4, 0.5) is 0 Å². The van der Waals surface area contributed by atoms with Gasteiger partial charge in [0.15, 0.2) is 0 Å². The van der Waals surface area contributed by atoms with Crippen molar-refractivity contribution in [3.63, 3.8) is 0 Å². The van der Waals surface area contributed by atoms with Gasteiger partial charge in [-0.15, -0.1) is 11.8 Å². The van der Waals surface area contributed by atoms with Crippen molar-refractivity contribution in [2.24, 2.45) is 0 Å². The highest BCUT2D eigenvalue weighted by Gasteiger charge is 2.52. The fourth-order valence-electron chi connectivity index (χ4n) is 2.72. The van der Waals surface area contributed by atoms with Gasteiger partial charge in [-0.25, -0.2) is 0 Å². The molecule has 19 heavy (non-hydrogen) atoms. The number of rotatable bonds is 3. The van der Waals surface area contributed by atoms with Crippen LogP contribution in [-0.4, -0.2) is 33.4 Å². The van der Waals surface area contributed by atoms with Gasteiger partial charge >= 0.3 is 0 Å². The monoisotopic (exact) mass is 280 g/mol. The highest BCUT2D eigenvalue weighted by atomic mass is 32.2. The fourth-order valence-corrected chi connectivity index (χ4v) is 4.15. The molecule has 3 heterocycles. The molecule has 102 valence electrons. The normalized spacial score (nSPS) is 29.6. The number of hydrogen-bond donors (Lipinski definition) is 1. The number of thioether (sulfide) groups is 1. The van der Waals surface area contributed by atoms with Crippen molar-refractivity contribution in [3.8, 4) is 0 Å². The van der Waals surface area contributed by atoms with E-state index in [1.807, 2.05) is 13.0 Å². The van der Waals surface area contributed by atoms with E-state index in [2.05, 4.69) is 5.32 Å². The molecule has 0 saturated carbocycles. The van der Waals surface area contributed by atoms with E-state index in [9.17, 15) is 9.59 Å². The van der Waals surface area contributed by atoms with Crippen LogP contribution in [0, 0.1) is 0 Å². The predicted octanol–water partition coefficient (Wildman–Crippen LogP) is 1.35. The summed E-state index contributed by atoms with van der Waals surface area (Å²) in [5.74, 6) is 1.38. The molecule has 1 N–H and O–H groups in total. The standard InChI is InChI=1S/C13H16N2O3S/c1-13-5-4-11(16)15(13)10(8-19-13)12(17)14-7-9-3-2-6-18-9/h2-3,6,10H,4-5,7-8H2,1H3,(H,14,17)/t10-,13-/m0/s1. The number of amides is 2. The van der Waals surface area contributed by atoms with Crippen molar-refractivity contribution in [1.29, 1.82) is 0 Å². The van der Waals surface area contributed by atoms with Crippen LogP contribution < -0.4 is 5.32 Å². The number of nitrogens with one attached hydrogen (secondary N) is 1. The zero-order valence-electron chi connectivity index (χ0n) is 10.7. The molecule has 5 nitrogen and oxygen atoms in total. The van der Waals surface area contributed by atoms with E-state index in [-0.39, 0.29) is 22.7 Å². The van der Waals surface area contributed by atoms with Crippen LogP contribution in [0.2, 0.25) is 0 Å². The molecule has 2 atom stereocenters. The molecule has 0 aliphatic carbocycles. The lowest BCUT2D eigenvalue weighted by Gasteiger charge is -2.29. The lowest BCUT2D eigenvalue weighted by molar-refractivity contribution is -0.138. The minimum Gasteiger partial charge on any atom is -0.467 e. The number of fused-ring (bicyclic) bond motifs is 1. The zero-order valence-corrected chi connectivity index (χ0v) is 11.5. The molecule has 0 unspecified atom stereocenters. The van der Waals surface area contributed by atoms with Crippen LogP contribution >= 0.6 is 11.8 Å². The molecule has 2 fully saturated rings. The molecule has 0 spiro atoms. The summed E-state index contributed by atoms with van der Waals surface area (Å²) in [6.07, 6.45) is 2.96. The average molecular weight is 280 g/mol. The van der Waals surface area contributed by atoms with Gasteiger partial charge < -0.3 is 14.6 Å². The fraction of sp³-hybridized carbons (Fsp3) is 0.538. The first-order valence-corrected chi connectivity index (χ1v) is 7.35. The van der Waals surface area contributed by atoms with Crippen LogP contribution in [0.3, 0.4) is 0 Å². The van der Waals surface area contributed by atoms with Crippen molar-refractivity contribution in [3.05, 3.63) is 24.2 Å². The van der Waals surface area contributed by atoms with Crippen LogP contribution in [0.15, 0.2) is 22.8 Å². The first-order chi connectivity index (χ1) is 9.10. The maximum absolute atomic E-state index is 12.2. The molecule has 1 aromatic heterocycles. The van der Waals surface area contributed by atoms with Gasteiger partial charge in [-0.05, 0) is 25.5 Å². The van der Waals surface area contributed by atoms with Gasteiger partial charge in [0.1, 0.15) is 11.8 Å². The predicted molar refractivity (Wildman–Crippen MR) is 71.3 cm³/mol. The zero-order chi connectivity index (χ0) is 13.5. The van der Waals surface area contributed by atoms with Gasteiger partial charge in [0.25, 0.3) is 0 Å². The Morgan fingerprint density at radius 1 is 1.68 bits per heavy atom. The third-order valence-electron chi connectivity index (χ3n) is 3.76. The van der Waals surface area contributed by atoms with Gasteiger partial charge in [0, 0.05) is 12.2 Å². The van der Waals surface area contributed by atoms with E-state index in [0.29, 0.717) is 18.7 Å². The topological polar surface area (TPSA) is 62.6 Å². The van der Waals surface area contributed by atoms with Crippen molar-refractivity contribution >= 4 is 23.6 Å². The third-order valence-corrected chi connectivity index (χ3v) is 5.27. The summed E-state index contributed by atoms with van der Waals surface area (Å²) in [7, 11) is 0. The van der Waals surface area contributed by atoms with Gasteiger partial charge in [-0.2, -0.15) is 0 Å². The number of carbonyl (C=O) groups excluding carboxylic acids is 2. The number of nitrogens with zero attached hydrogens (tertiary/aromatic N) is 1. The summed E-state index contributed by atoms with van der Waals surface area (Å²) < 4.78 is 5.17. The Morgan fingerprint density at radius 2 is 2.53 bits per heavy atom. The Hall–Kier alpha value is -1.43. The van der Waals surface area contributed by atoms with E-state index in [4.69, 9.17) is 4.42 Å². The molecule has 3 rings (SSSR count). The third kappa shape index (κ3) is 2.14. The Balaban J connectivity index is 1.66. The number of carbonyl (C=O) groups is 2. The highest BCUT2D eigenvalue weighted by Crippen LogP contribution is 2.47. The van der Waals surface area contributed by atoms with E-state index in [1.54, 1.807) is 29.0 Å². The minimum atomic E-state index is -0.347. The summed E-state index contributed by atoms with van der Waals surface area (Å²) >= 11 is 1.70. The first-order valence-electron chi connectivity index (χ1n) is 6.36. The molecule has 2 amide bonds. The largest absolute Gasteiger partial charge is 0.467 e. The Bertz CT molecular complexity index is 502. The summed E-state index contributed by atoms with van der Waals surface area (Å²) in [5, 5.41) is 2.84. The second kappa shape index (κ2) is 4.59. The average Bonchev–Trinajstić information content (AvgIpc) is 3.06. The van der Waals surface area contributed by atoms with E-state index >= 15 is 0 Å². The van der Waals surface area contributed by atoms with Gasteiger partial charge in [-0.1, -0.05) is 0 Å². The number of hydrogen-bond acceptors (Lipinski definition) is 4. The van der Waals surface area contributed by atoms with Crippen molar-refractivity contribution in [2.75, 3.05) is 5.75 Å². The van der Waals surface area contributed by atoms with Crippen LogP contribution in [0.25, 0.3) is 0 Å². The SMILES string of the molecule is C[C@]12CCC(=O)N1[C@H](C(=O)NCc1ccco1)CS2. The number of furan rings is 1. The summed E-state index contributed by atoms with van der Waals surface area (Å²) in [5.41, 5.74) is 0. The Labute approximate surface area is 115 Å². The van der Waals surface area contributed by atoms with Crippen molar-refractivity contribution in [2.45, 2.75) is 37.2 Å². The molecule has 2 aliphatic rings. The molecule has 2 saturated heterocycles. The van der Waals surface area contributed by atoms with Gasteiger partial charge in [0.2, 0.25) is 11.8 Å². The summed E-state index contributed by atoms with van der Waals surface area (Å²) in [6, 6.07) is 3.25. The second-order valence-electron chi connectivity index (χ2n) is 5.06. The molecule has 0 bridgehead atoms. The summed E-state index contributed by atoms with van der Waals surface area (Å²) in [6.45, 7) is 2.41. The molecule has 0 aromatic carbocycles. The second-order valence-corrected chi connectivity index (χ2v) is 6.56. The van der Waals surface area contributed by atoms with Crippen LogP contribution in [0.1, 0.15) is 25.5 Å². The van der Waals surface area contributed by atoms with E-state index < -0.39 is 0 Å². The maximum atomic E-state index is 12.2. The van der Waals surface area contributed by atoms with E-state index in [0.717, 1.165) is 12.2 Å². The lowest BCUT2D eigenvalue weighted by Crippen LogP contribution is -2.49. The maximum Gasteiger partial charge on any atom is 0.244 e.